The average Bonchev–Trinajstić information content (AvgIpc) is 2.79. The van der Waals surface area contributed by atoms with Crippen molar-refractivity contribution in [3.05, 3.63) is 70.5 Å². The number of ether oxygens (including phenoxy) is 2. The zero-order valence-electron chi connectivity index (χ0n) is 17.5. The zero-order valence-corrected chi connectivity index (χ0v) is 19.0. The van der Waals surface area contributed by atoms with Gasteiger partial charge in [-0.2, -0.15) is 4.98 Å². The average molecular weight is 473 g/mol. The second kappa shape index (κ2) is 10.1. The molecule has 0 aliphatic carbocycles. The number of anilines is 1. The number of hydrogen-bond acceptors (Lipinski definition) is 6. The van der Waals surface area contributed by atoms with Crippen LogP contribution in [0.5, 0.6) is 17.4 Å². The first-order valence-electron chi connectivity index (χ1n) is 10.2. The SMILES string of the molecule is Cc1nc(Oc2ccccc2)cc(N2CCN(C(=O)COc3ccc(Cl)cc3Cl)CC2)n1. The van der Waals surface area contributed by atoms with Crippen LogP contribution in [0.4, 0.5) is 5.82 Å². The topological polar surface area (TPSA) is 67.8 Å². The molecule has 2 heterocycles. The molecule has 1 amide bonds. The van der Waals surface area contributed by atoms with Gasteiger partial charge in [-0.05, 0) is 37.3 Å². The number of piperazine rings is 1. The summed E-state index contributed by atoms with van der Waals surface area (Å²) in [6.45, 7) is 4.18. The van der Waals surface area contributed by atoms with E-state index in [2.05, 4.69) is 14.9 Å². The number of benzene rings is 2. The highest BCUT2D eigenvalue weighted by molar-refractivity contribution is 6.35. The van der Waals surface area contributed by atoms with Crippen LogP contribution in [0.1, 0.15) is 5.82 Å². The maximum atomic E-state index is 12.6. The van der Waals surface area contributed by atoms with Crippen molar-refractivity contribution in [1.29, 1.82) is 0 Å². The van der Waals surface area contributed by atoms with E-state index < -0.39 is 0 Å². The highest BCUT2D eigenvalue weighted by Crippen LogP contribution is 2.28. The van der Waals surface area contributed by atoms with E-state index in [-0.39, 0.29) is 12.5 Å². The Hall–Kier alpha value is -3.03. The number of para-hydroxylation sites is 1. The van der Waals surface area contributed by atoms with E-state index in [9.17, 15) is 4.79 Å². The lowest BCUT2D eigenvalue weighted by Crippen LogP contribution is -2.50. The number of carbonyl (C=O) groups is 1. The van der Waals surface area contributed by atoms with Crippen molar-refractivity contribution in [3.63, 3.8) is 0 Å². The molecule has 0 atom stereocenters. The molecule has 3 aromatic rings. The molecule has 1 aromatic heterocycles. The molecule has 0 saturated carbocycles. The molecule has 166 valence electrons. The maximum Gasteiger partial charge on any atom is 0.260 e. The second-order valence-corrected chi connectivity index (χ2v) is 8.10. The van der Waals surface area contributed by atoms with Gasteiger partial charge in [0, 0.05) is 37.3 Å². The van der Waals surface area contributed by atoms with Crippen molar-refractivity contribution in [2.75, 3.05) is 37.7 Å². The van der Waals surface area contributed by atoms with Crippen molar-refractivity contribution in [2.24, 2.45) is 0 Å². The Balaban J connectivity index is 1.33. The van der Waals surface area contributed by atoms with Crippen LogP contribution in [0.15, 0.2) is 54.6 Å². The molecule has 7 nitrogen and oxygen atoms in total. The van der Waals surface area contributed by atoms with Crippen LogP contribution in [0, 0.1) is 6.92 Å². The van der Waals surface area contributed by atoms with Crippen molar-refractivity contribution >= 4 is 34.9 Å². The molecule has 0 radical (unpaired) electrons. The van der Waals surface area contributed by atoms with Crippen molar-refractivity contribution in [1.82, 2.24) is 14.9 Å². The molecular weight excluding hydrogens is 451 g/mol. The summed E-state index contributed by atoms with van der Waals surface area (Å²) in [5.41, 5.74) is 0. The minimum Gasteiger partial charge on any atom is -0.482 e. The van der Waals surface area contributed by atoms with E-state index in [0.29, 0.717) is 59.4 Å². The highest BCUT2D eigenvalue weighted by atomic mass is 35.5. The monoisotopic (exact) mass is 472 g/mol. The van der Waals surface area contributed by atoms with Crippen molar-refractivity contribution in [3.8, 4) is 17.4 Å². The van der Waals surface area contributed by atoms with Gasteiger partial charge in [-0.25, -0.2) is 4.98 Å². The lowest BCUT2D eigenvalue weighted by molar-refractivity contribution is -0.133. The van der Waals surface area contributed by atoms with Gasteiger partial charge < -0.3 is 19.3 Å². The second-order valence-electron chi connectivity index (χ2n) is 7.26. The first-order valence-corrected chi connectivity index (χ1v) is 10.9. The molecule has 2 aromatic carbocycles. The number of amides is 1. The Morgan fingerprint density at radius 2 is 1.75 bits per heavy atom. The van der Waals surface area contributed by atoms with E-state index in [4.69, 9.17) is 32.7 Å². The van der Waals surface area contributed by atoms with Crippen LogP contribution in [0.3, 0.4) is 0 Å². The van der Waals surface area contributed by atoms with Gasteiger partial charge in [-0.15, -0.1) is 0 Å². The van der Waals surface area contributed by atoms with Gasteiger partial charge in [-0.3, -0.25) is 4.79 Å². The molecule has 0 unspecified atom stereocenters. The maximum absolute atomic E-state index is 12.6. The third kappa shape index (κ3) is 5.60. The smallest absolute Gasteiger partial charge is 0.260 e. The normalized spacial score (nSPS) is 13.7. The number of rotatable bonds is 6. The standard InChI is InChI=1S/C23H22Cl2N4O3/c1-16-26-21(14-22(27-16)32-18-5-3-2-4-6-18)28-9-11-29(12-10-28)23(30)15-31-20-8-7-17(24)13-19(20)25/h2-8,13-14H,9-12,15H2,1H3. The largest absolute Gasteiger partial charge is 0.482 e. The number of nitrogens with zero attached hydrogens (tertiary/aromatic N) is 4. The lowest BCUT2D eigenvalue weighted by Gasteiger charge is -2.35. The Morgan fingerprint density at radius 3 is 2.47 bits per heavy atom. The Kier molecular flexibility index (Phi) is 6.97. The van der Waals surface area contributed by atoms with Gasteiger partial charge in [-0.1, -0.05) is 41.4 Å². The van der Waals surface area contributed by atoms with Crippen LogP contribution in [-0.2, 0) is 4.79 Å². The number of hydrogen-bond donors (Lipinski definition) is 0. The van der Waals surface area contributed by atoms with E-state index >= 15 is 0 Å². The third-order valence-corrected chi connectivity index (χ3v) is 5.50. The molecule has 1 aliphatic rings. The quantitative estimate of drug-likeness (QED) is 0.521. The predicted molar refractivity (Wildman–Crippen MR) is 124 cm³/mol. The van der Waals surface area contributed by atoms with Gasteiger partial charge in [0.05, 0.1) is 5.02 Å². The van der Waals surface area contributed by atoms with E-state index in [1.165, 1.54) is 0 Å². The van der Waals surface area contributed by atoms with E-state index in [1.54, 1.807) is 23.1 Å². The van der Waals surface area contributed by atoms with Gasteiger partial charge >= 0.3 is 0 Å². The van der Waals surface area contributed by atoms with Gasteiger partial charge in [0.15, 0.2) is 6.61 Å². The molecule has 4 rings (SSSR count). The molecule has 0 N–H and O–H groups in total. The minimum atomic E-state index is -0.0948. The fourth-order valence-electron chi connectivity index (χ4n) is 3.36. The molecule has 32 heavy (non-hydrogen) atoms. The minimum absolute atomic E-state index is 0.0803. The number of halogens is 2. The third-order valence-electron chi connectivity index (χ3n) is 4.97. The summed E-state index contributed by atoms with van der Waals surface area (Å²) >= 11 is 12.0. The zero-order chi connectivity index (χ0) is 22.5. The van der Waals surface area contributed by atoms with Crippen LogP contribution in [0.2, 0.25) is 10.0 Å². The van der Waals surface area contributed by atoms with Crippen molar-refractivity contribution < 1.29 is 14.3 Å². The summed E-state index contributed by atoms with van der Waals surface area (Å²) < 4.78 is 11.4. The fourth-order valence-corrected chi connectivity index (χ4v) is 3.82. The Bertz CT molecular complexity index is 1090. The van der Waals surface area contributed by atoms with Gasteiger partial charge in [0.25, 0.3) is 5.91 Å². The van der Waals surface area contributed by atoms with Crippen LogP contribution in [-0.4, -0.2) is 53.6 Å². The summed E-state index contributed by atoms with van der Waals surface area (Å²) in [6.07, 6.45) is 0. The first kappa shape index (κ1) is 22.2. The van der Waals surface area contributed by atoms with E-state index in [0.717, 1.165) is 5.82 Å². The summed E-state index contributed by atoms with van der Waals surface area (Å²) in [7, 11) is 0. The van der Waals surface area contributed by atoms with E-state index in [1.807, 2.05) is 43.3 Å². The molecular formula is C23H22Cl2N4O3. The Morgan fingerprint density at radius 1 is 1.00 bits per heavy atom. The molecule has 1 aliphatic heterocycles. The van der Waals surface area contributed by atoms with Gasteiger partial charge in [0.1, 0.15) is 23.1 Å². The van der Waals surface area contributed by atoms with Crippen molar-refractivity contribution in [2.45, 2.75) is 6.92 Å². The lowest BCUT2D eigenvalue weighted by atomic mass is 10.3. The first-order chi connectivity index (χ1) is 15.5. The molecule has 0 bridgehead atoms. The van der Waals surface area contributed by atoms with Crippen LogP contribution >= 0.6 is 23.2 Å². The summed E-state index contributed by atoms with van der Waals surface area (Å²) in [6, 6.07) is 16.2. The number of aryl methyl sites for hydroxylation is 1. The molecule has 1 fully saturated rings. The summed E-state index contributed by atoms with van der Waals surface area (Å²) in [5.74, 6) is 2.95. The summed E-state index contributed by atoms with van der Waals surface area (Å²) in [4.78, 5) is 25.4. The van der Waals surface area contributed by atoms with Crippen LogP contribution < -0.4 is 14.4 Å². The predicted octanol–water partition coefficient (Wildman–Crippen LogP) is 4.61. The summed E-state index contributed by atoms with van der Waals surface area (Å²) in [5, 5.41) is 0.893. The molecule has 1 saturated heterocycles. The highest BCUT2D eigenvalue weighted by Gasteiger charge is 2.23. The molecule has 9 heteroatoms. The Labute approximate surface area is 196 Å². The van der Waals surface area contributed by atoms with Crippen LogP contribution in [0.25, 0.3) is 0 Å². The fraction of sp³-hybridized carbons (Fsp3) is 0.261. The molecule has 0 spiro atoms. The number of aromatic nitrogens is 2. The number of carbonyl (C=O) groups excluding carboxylic acids is 1. The van der Waals surface area contributed by atoms with Gasteiger partial charge in [0.2, 0.25) is 5.88 Å².